The van der Waals surface area contributed by atoms with E-state index in [-0.39, 0.29) is 5.56 Å². The zero-order valence-corrected chi connectivity index (χ0v) is 16.4. The number of benzene rings is 1. The normalized spacial score (nSPS) is 14.8. The smallest absolute Gasteiger partial charge is 0.275 e. The molecule has 1 aromatic carbocycles. The molecule has 4 rings (SSSR count). The molecular formula is C21H24N4OS. The van der Waals surface area contributed by atoms with E-state index in [1.807, 2.05) is 25.1 Å². The van der Waals surface area contributed by atoms with Crippen molar-refractivity contribution in [3.05, 3.63) is 62.3 Å². The maximum atomic E-state index is 12.9. The highest BCUT2D eigenvalue weighted by atomic mass is 32.1. The summed E-state index contributed by atoms with van der Waals surface area (Å²) in [6.07, 6.45) is 5.07. The molecule has 0 saturated heterocycles. The first-order valence-corrected chi connectivity index (χ1v) is 10.4. The molecular weight excluding hydrogens is 356 g/mol. The monoisotopic (exact) mass is 380 g/mol. The van der Waals surface area contributed by atoms with E-state index in [1.54, 1.807) is 16.0 Å². The lowest BCUT2D eigenvalue weighted by atomic mass is 10.1. The molecule has 3 heterocycles. The van der Waals surface area contributed by atoms with Gasteiger partial charge in [0.25, 0.3) is 5.56 Å². The van der Waals surface area contributed by atoms with Crippen molar-refractivity contribution >= 4 is 17.0 Å². The topological polar surface area (TPSA) is 63.0 Å². The Labute approximate surface area is 162 Å². The number of thiazole rings is 1. The fourth-order valence-electron chi connectivity index (χ4n) is 3.55. The lowest BCUT2D eigenvalue weighted by Crippen LogP contribution is -2.23. The Balaban J connectivity index is 1.49. The standard InChI is InChI=1S/C21H24N4OS/c1-15-20(17-10-6-3-7-12-22-17)21(26)25(24-15)13-11-19-23-18(14-27-19)16-8-4-2-5-9-16/h2,4-5,8-9,14,24H,3,6-7,10-13H2,1H3. The Morgan fingerprint density at radius 3 is 2.89 bits per heavy atom. The summed E-state index contributed by atoms with van der Waals surface area (Å²) in [5.41, 5.74) is 4.85. The van der Waals surface area contributed by atoms with Gasteiger partial charge in [0, 0.05) is 41.9 Å². The minimum atomic E-state index is 0.0491. The molecule has 1 aliphatic rings. The van der Waals surface area contributed by atoms with Crippen LogP contribution in [0, 0.1) is 6.92 Å². The number of aryl methyl sites for hydroxylation is 3. The first kappa shape index (κ1) is 17.9. The van der Waals surface area contributed by atoms with Crippen LogP contribution in [0.5, 0.6) is 0 Å². The summed E-state index contributed by atoms with van der Waals surface area (Å²) in [4.78, 5) is 22.3. The molecule has 0 unspecified atom stereocenters. The molecule has 0 fully saturated rings. The van der Waals surface area contributed by atoms with Gasteiger partial charge in [0.1, 0.15) is 0 Å². The van der Waals surface area contributed by atoms with Crippen LogP contribution in [0.4, 0.5) is 0 Å². The van der Waals surface area contributed by atoms with Crippen LogP contribution in [0.3, 0.4) is 0 Å². The van der Waals surface area contributed by atoms with Crippen LogP contribution in [-0.4, -0.2) is 27.0 Å². The van der Waals surface area contributed by atoms with Gasteiger partial charge in [0.2, 0.25) is 0 Å². The van der Waals surface area contributed by atoms with E-state index in [0.717, 1.165) is 65.5 Å². The largest absolute Gasteiger partial charge is 0.299 e. The van der Waals surface area contributed by atoms with E-state index < -0.39 is 0 Å². The van der Waals surface area contributed by atoms with Gasteiger partial charge in [-0.25, -0.2) is 4.98 Å². The van der Waals surface area contributed by atoms with Gasteiger partial charge >= 0.3 is 0 Å². The Kier molecular flexibility index (Phi) is 5.34. The number of rotatable bonds is 5. The molecule has 0 saturated carbocycles. The van der Waals surface area contributed by atoms with Crippen molar-refractivity contribution in [3.8, 4) is 11.3 Å². The molecule has 140 valence electrons. The van der Waals surface area contributed by atoms with Crippen molar-refractivity contribution in [2.24, 2.45) is 4.99 Å². The van der Waals surface area contributed by atoms with Crippen molar-refractivity contribution < 1.29 is 0 Å². The Hall–Kier alpha value is -2.47. The average molecular weight is 381 g/mol. The number of hydrogen-bond acceptors (Lipinski definition) is 4. The summed E-state index contributed by atoms with van der Waals surface area (Å²) in [6.45, 7) is 3.41. The fraction of sp³-hybridized carbons (Fsp3) is 0.381. The molecule has 5 nitrogen and oxygen atoms in total. The van der Waals surface area contributed by atoms with E-state index in [9.17, 15) is 4.79 Å². The molecule has 0 radical (unpaired) electrons. The summed E-state index contributed by atoms with van der Waals surface area (Å²) in [6, 6.07) is 10.2. The quantitative estimate of drug-likeness (QED) is 0.720. The zero-order valence-electron chi connectivity index (χ0n) is 15.6. The number of nitrogens with zero attached hydrogens (tertiary/aromatic N) is 3. The van der Waals surface area contributed by atoms with Gasteiger partial charge in [-0.05, 0) is 26.2 Å². The minimum absolute atomic E-state index is 0.0491. The molecule has 1 N–H and O–H groups in total. The number of aliphatic imine (C=N–C) groups is 1. The van der Waals surface area contributed by atoms with Gasteiger partial charge in [-0.3, -0.25) is 19.6 Å². The van der Waals surface area contributed by atoms with Crippen molar-refractivity contribution in [1.82, 2.24) is 14.8 Å². The van der Waals surface area contributed by atoms with Gasteiger partial charge in [-0.15, -0.1) is 11.3 Å². The molecule has 0 amide bonds. The van der Waals surface area contributed by atoms with Crippen LogP contribution in [0.1, 0.15) is 41.9 Å². The molecule has 0 atom stereocenters. The fourth-order valence-corrected chi connectivity index (χ4v) is 4.35. The summed E-state index contributed by atoms with van der Waals surface area (Å²) in [5.74, 6) is 0. The third kappa shape index (κ3) is 3.95. The van der Waals surface area contributed by atoms with Crippen LogP contribution >= 0.6 is 11.3 Å². The summed E-state index contributed by atoms with van der Waals surface area (Å²) in [5, 5.41) is 6.36. The second-order valence-corrected chi connectivity index (χ2v) is 7.89. The lowest BCUT2D eigenvalue weighted by molar-refractivity contribution is 0.591. The molecule has 1 aliphatic heterocycles. The van der Waals surface area contributed by atoms with Gasteiger partial charge in [0.15, 0.2) is 0 Å². The van der Waals surface area contributed by atoms with Crippen molar-refractivity contribution in [2.75, 3.05) is 6.54 Å². The van der Waals surface area contributed by atoms with Gasteiger partial charge in [-0.1, -0.05) is 36.8 Å². The second kappa shape index (κ2) is 8.05. The van der Waals surface area contributed by atoms with Gasteiger partial charge in [-0.2, -0.15) is 0 Å². The van der Waals surface area contributed by atoms with Gasteiger partial charge in [0.05, 0.1) is 16.3 Å². The van der Waals surface area contributed by atoms with Crippen LogP contribution in [0.15, 0.2) is 45.5 Å². The third-order valence-corrected chi connectivity index (χ3v) is 5.88. The maximum absolute atomic E-state index is 12.9. The minimum Gasteiger partial charge on any atom is -0.299 e. The van der Waals surface area contributed by atoms with Crippen LogP contribution < -0.4 is 5.56 Å². The zero-order chi connectivity index (χ0) is 18.6. The lowest BCUT2D eigenvalue weighted by Gasteiger charge is -2.01. The molecule has 3 aromatic rings. The van der Waals surface area contributed by atoms with Crippen molar-refractivity contribution in [2.45, 2.75) is 45.6 Å². The summed E-state index contributed by atoms with van der Waals surface area (Å²) in [7, 11) is 0. The average Bonchev–Trinajstić information content (AvgIpc) is 3.16. The third-order valence-electron chi connectivity index (χ3n) is 4.97. The molecule has 0 spiro atoms. The predicted molar refractivity (Wildman–Crippen MR) is 111 cm³/mol. The van der Waals surface area contributed by atoms with Crippen molar-refractivity contribution in [3.63, 3.8) is 0 Å². The Morgan fingerprint density at radius 1 is 1.19 bits per heavy atom. The van der Waals surface area contributed by atoms with E-state index >= 15 is 0 Å². The van der Waals surface area contributed by atoms with Crippen molar-refractivity contribution in [1.29, 1.82) is 0 Å². The highest BCUT2D eigenvalue weighted by Gasteiger charge is 2.18. The number of nitrogens with one attached hydrogen (secondary N) is 1. The van der Waals surface area contributed by atoms with E-state index in [0.29, 0.717) is 6.54 Å². The first-order valence-electron chi connectivity index (χ1n) is 9.55. The number of hydrogen-bond donors (Lipinski definition) is 1. The Morgan fingerprint density at radius 2 is 2.04 bits per heavy atom. The molecule has 0 aliphatic carbocycles. The number of aromatic amines is 1. The SMILES string of the molecule is Cc1[nH]n(CCc2nc(-c3ccccc3)cs2)c(=O)c1C1=NCCCCC1. The predicted octanol–water partition coefficient (Wildman–Crippen LogP) is 4.21. The molecule has 2 aromatic heterocycles. The Bertz CT molecular complexity index is 997. The summed E-state index contributed by atoms with van der Waals surface area (Å²) >= 11 is 1.65. The second-order valence-electron chi connectivity index (χ2n) is 6.95. The highest BCUT2D eigenvalue weighted by molar-refractivity contribution is 7.09. The van der Waals surface area contributed by atoms with E-state index in [4.69, 9.17) is 4.98 Å². The van der Waals surface area contributed by atoms with E-state index in [2.05, 4.69) is 27.6 Å². The maximum Gasteiger partial charge on any atom is 0.275 e. The number of aromatic nitrogens is 3. The summed E-state index contributed by atoms with van der Waals surface area (Å²) < 4.78 is 1.71. The van der Waals surface area contributed by atoms with Gasteiger partial charge < -0.3 is 0 Å². The molecule has 27 heavy (non-hydrogen) atoms. The number of H-pyrrole nitrogens is 1. The highest BCUT2D eigenvalue weighted by Crippen LogP contribution is 2.22. The van der Waals surface area contributed by atoms with Crippen LogP contribution in [-0.2, 0) is 13.0 Å². The van der Waals surface area contributed by atoms with E-state index in [1.165, 1.54) is 6.42 Å². The molecule has 0 bridgehead atoms. The first-order chi connectivity index (χ1) is 13.2. The van der Waals surface area contributed by atoms with Crippen LogP contribution in [0.2, 0.25) is 0 Å². The van der Waals surface area contributed by atoms with Crippen LogP contribution in [0.25, 0.3) is 11.3 Å². The molecule has 6 heteroatoms.